The van der Waals surface area contributed by atoms with Crippen LogP contribution in [-0.4, -0.2) is 59.3 Å². The van der Waals surface area contributed by atoms with Crippen molar-refractivity contribution in [3.8, 4) is 0 Å². The van der Waals surface area contributed by atoms with Crippen molar-refractivity contribution in [3.63, 3.8) is 0 Å². The molecule has 1 aromatic heterocycles. The molecule has 0 spiro atoms. The van der Waals surface area contributed by atoms with Gasteiger partial charge in [-0.1, -0.05) is 0 Å². The second-order valence-corrected chi connectivity index (χ2v) is 3.90. The average Bonchev–Trinajstić information content (AvgIpc) is 2.34. The van der Waals surface area contributed by atoms with Crippen molar-refractivity contribution in [2.24, 2.45) is 0 Å². The molecule has 0 aliphatic carbocycles. The summed E-state index contributed by atoms with van der Waals surface area (Å²) in [6.45, 7) is -0.605. The molecule has 6 N–H and O–H groups in total. The van der Waals surface area contributed by atoms with Gasteiger partial charge in [-0.05, 0) is 6.42 Å². The van der Waals surface area contributed by atoms with E-state index in [0.717, 1.165) is 0 Å². The molecule has 18 heavy (non-hydrogen) atoms. The van der Waals surface area contributed by atoms with E-state index in [4.69, 9.17) is 20.4 Å². The molecule has 0 radical (unpaired) electrons. The van der Waals surface area contributed by atoms with Crippen LogP contribution in [0, 0.1) is 0 Å². The Balaban J connectivity index is 2.63. The average molecular weight is 260 g/mol. The lowest BCUT2D eigenvalue weighted by molar-refractivity contribution is -0.314. The van der Waals surface area contributed by atoms with Crippen LogP contribution in [0.3, 0.4) is 0 Å². The summed E-state index contributed by atoms with van der Waals surface area (Å²) in [6, 6.07) is 0. The molecule has 0 saturated heterocycles. The normalized spacial score (nSPS) is 15.4. The molecule has 0 aliphatic rings. The van der Waals surface area contributed by atoms with Crippen molar-refractivity contribution in [2.75, 3.05) is 6.61 Å². The zero-order valence-corrected chi connectivity index (χ0v) is 9.51. The van der Waals surface area contributed by atoms with Crippen LogP contribution >= 0.6 is 0 Å². The molecular formula is C10H16N2O6. The van der Waals surface area contributed by atoms with Gasteiger partial charge in [0.2, 0.25) is 0 Å². The zero-order chi connectivity index (χ0) is 13.8. The molecule has 8 nitrogen and oxygen atoms in total. The summed E-state index contributed by atoms with van der Waals surface area (Å²) < 4.78 is 0. The van der Waals surface area contributed by atoms with Crippen LogP contribution in [0.25, 0.3) is 0 Å². The minimum atomic E-state index is -2.76. The van der Waals surface area contributed by atoms with Gasteiger partial charge in [-0.3, -0.25) is 9.97 Å². The Morgan fingerprint density at radius 1 is 1.11 bits per heavy atom. The maximum atomic E-state index is 9.51. The lowest BCUT2D eigenvalue weighted by atomic mass is 10.1. The third-order valence-corrected chi connectivity index (χ3v) is 2.30. The second-order valence-electron chi connectivity index (χ2n) is 3.90. The predicted molar refractivity (Wildman–Crippen MR) is 57.8 cm³/mol. The summed E-state index contributed by atoms with van der Waals surface area (Å²) in [5.41, 5.74) is 0.467. The Labute approximate surface area is 103 Å². The van der Waals surface area contributed by atoms with E-state index in [1.165, 1.54) is 12.4 Å². The fourth-order valence-electron chi connectivity index (χ4n) is 1.24. The first-order valence-corrected chi connectivity index (χ1v) is 5.28. The van der Waals surface area contributed by atoms with Crippen LogP contribution in [0.5, 0.6) is 0 Å². The predicted octanol–water partition coefficient (Wildman–Crippen LogP) is -2.57. The number of hydrogen-bond acceptors (Lipinski definition) is 8. The largest absolute Gasteiger partial charge is 0.394 e. The first-order valence-electron chi connectivity index (χ1n) is 5.28. The van der Waals surface area contributed by atoms with Crippen LogP contribution in [0.4, 0.5) is 0 Å². The number of aliphatic hydroxyl groups excluding tert-OH is 3. The van der Waals surface area contributed by atoms with Crippen LogP contribution in [0.2, 0.25) is 0 Å². The van der Waals surface area contributed by atoms with E-state index >= 15 is 0 Å². The molecular weight excluding hydrogens is 244 g/mol. The van der Waals surface area contributed by atoms with Crippen molar-refractivity contribution < 1.29 is 30.6 Å². The van der Waals surface area contributed by atoms with Crippen molar-refractivity contribution in [1.82, 2.24) is 9.97 Å². The Morgan fingerprint density at radius 3 is 2.22 bits per heavy atom. The molecule has 2 unspecified atom stereocenters. The Kier molecular flexibility index (Phi) is 5.08. The van der Waals surface area contributed by atoms with Gasteiger partial charge < -0.3 is 30.6 Å². The standard InChI is InChI=1S/C10H16N2O6/c13-5-8(14)9(15)7-4-11-6(3-12-7)1-2-10(16,17)18/h3-4,8-9,13-18H,1-2,5H2. The third-order valence-electron chi connectivity index (χ3n) is 2.30. The van der Waals surface area contributed by atoms with E-state index in [1.807, 2.05) is 0 Å². The molecule has 0 aromatic carbocycles. The molecule has 1 aromatic rings. The fourth-order valence-corrected chi connectivity index (χ4v) is 1.24. The molecule has 102 valence electrons. The lowest BCUT2D eigenvalue weighted by Crippen LogP contribution is -2.27. The molecule has 2 atom stereocenters. The molecule has 0 amide bonds. The number of aromatic nitrogens is 2. The molecule has 1 heterocycles. The van der Waals surface area contributed by atoms with Crippen LogP contribution in [0.1, 0.15) is 23.9 Å². The molecule has 1 rings (SSSR count). The number of aliphatic hydroxyl groups is 6. The van der Waals surface area contributed by atoms with Gasteiger partial charge >= 0.3 is 0 Å². The number of rotatable bonds is 6. The summed E-state index contributed by atoms with van der Waals surface area (Å²) in [7, 11) is 0. The van der Waals surface area contributed by atoms with Gasteiger partial charge in [0, 0.05) is 12.6 Å². The quantitative estimate of drug-likeness (QED) is 0.306. The lowest BCUT2D eigenvalue weighted by Gasteiger charge is -2.15. The summed E-state index contributed by atoms with van der Waals surface area (Å²) in [5, 5.41) is 53.4. The molecule has 0 fully saturated rings. The van der Waals surface area contributed by atoms with E-state index < -0.39 is 24.8 Å². The first-order chi connectivity index (χ1) is 8.33. The van der Waals surface area contributed by atoms with E-state index in [2.05, 4.69) is 9.97 Å². The maximum Gasteiger partial charge on any atom is 0.275 e. The summed E-state index contributed by atoms with van der Waals surface area (Å²) in [4.78, 5) is 7.69. The van der Waals surface area contributed by atoms with Gasteiger partial charge in [-0.2, -0.15) is 0 Å². The highest BCUT2D eigenvalue weighted by Gasteiger charge is 2.20. The monoisotopic (exact) mass is 260 g/mol. The van der Waals surface area contributed by atoms with Crippen molar-refractivity contribution in [2.45, 2.75) is 31.0 Å². The molecule has 0 aliphatic heterocycles. The Morgan fingerprint density at radius 2 is 1.78 bits per heavy atom. The topological polar surface area (TPSA) is 147 Å². The van der Waals surface area contributed by atoms with Crippen LogP contribution in [-0.2, 0) is 6.42 Å². The summed E-state index contributed by atoms with van der Waals surface area (Å²) in [6.07, 6.45) is -0.464. The smallest absolute Gasteiger partial charge is 0.275 e. The molecule has 0 saturated carbocycles. The number of hydrogen-bond donors (Lipinski definition) is 6. The maximum absolute atomic E-state index is 9.51. The highest BCUT2D eigenvalue weighted by Crippen LogP contribution is 2.14. The number of nitrogens with zero attached hydrogens (tertiary/aromatic N) is 2. The summed E-state index contributed by atoms with van der Waals surface area (Å²) in [5.74, 6) is -2.76. The van der Waals surface area contributed by atoms with Gasteiger partial charge in [-0.25, -0.2) is 0 Å². The third kappa shape index (κ3) is 4.61. The van der Waals surface area contributed by atoms with E-state index in [1.54, 1.807) is 0 Å². The minimum Gasteiger partial charge on any atom is -0.394 e. The highest BCUT2D eigenvalue weighted by molar-refractivity contribution is 5.06. The number of aryl methyl sites for hydroxylation is 1. The van der Waals surface area contributed by atoms with Crippen LogP contribution < -0.4 is 0 Å². The van der Waals surface area contributed by atoms with E-state index in [0.29, 0.717) is 5.69 Å². The van der Waals surface area contributed by atoms with Gasteiger partial charge in [0.15, 0.2) is 0 Å². The van der Waals surface area contributed by atoms with Gasteiger partial charge in [0.25, 0.3) is 5.97 Å². The first kappa shape index (κ1) is 14.9. The van der Waals surface area contributed by atoms with Gasteiger partial charge in [0.05, 0.1) is 24.2 Å². The Hall–Kier alpha value is -1.16. The minimum absolute atomic E-state index is 0.0788. The molecule has 8 heteroatoms. The fraction of sp³-hybridized carbons (Fsp3) is 0.600. The zero-order valence-electron chi connectivity index (χ0n) is 9.51. The van der Waals surface area contributed by atoms with Crippen molar-refractivity contribution in [1.29, 1.82) is 0 Å². The van der Waals surface area contributed by atoms with E-state index in [-0.39, 0.29) is 18.5 Å². The highest BCUT2D eigenvalue weighted by atomic mass is 16.7. The van der Waals surface area contributed by atoms with Gasteiger partial charge in [-0.15, -0.1) is 0 Å². The molecule has 0 bridgehead atoms. The SMILES string of the molecule is OCC(O)C(O)c1cnc(CCC(O)(O)O)cn1. The van der Waals surface area contributed by atoms with Gasteiger partial charge in [0.1, 0.15) is 12.2 Å². The van der Waals surface area contributed by atoms with Crippen LogP contribution in [0.15, 0.2) is 12.4 Å². The van der Waals surface area contributed by atoms with Crippen molar-refractivity contribution in [3.05, 3.63) is 23.8 Å². The second kappa shape index (κ2) is 6.14. The van der Waals surface area contributed by atoms with Crippen molar-refractivity contribution >= 4 is 0 Å². The van der Waals surface area contributed by atoms with E-state index in [9.17, 15) is 10.2 Å². The summed E-state index contributed by atoms with van der Waals surface area (Å²) >= 11 is 0. The Bertz CT molecular complexity index is 364.